The second kappa shape index (κ2) is 8.63. The van der Waals surface area contributed by atoms with E-state index in [-0.39, 0.29) is 12.1 Å². The number of benzene rings is 1. The maximum atomic E-state index is 12.1. The van der Waals surface area contributed by atoms with Gasteiger partial charge in [0.05, 0.1) is 20.8 Å². The number of likely N-dealkylation sites (N-methyl/N-ethyl adjacent to an activating group) is 1. The SMILES string of the molecule is COc1cc(OC)cc(OC2CCN(C(=O)NCCN(C)C)C2)c1. The summed E-state index contributed by atoms with van der Waals surface area (Å²) in [7, 11) is 7.17. The molecule has 24 heavy (non-hydrogen) atoms. The monoisotopic (exact) mass is 337 g/mol. The van der Waals surface area contributed by atoms with Crippen LogP contribution in [0.2, 0.25) is 0 Å². The highest BCUT2D eigenvalue weighted by atomic mass is 16.5. The van der Waals surface area contributed by atoms with Crippen molar-refractivity contribution in [1.82, 2.24) is 15.1 Å². The van der Waals surface area contributed by atoms with E-state index >= 15 is 0 Å². The van der Waals surface area contributed by atoms with Crippen LogP contribution in [0.25, 0.3) is 0 Å². The number of carbonyl (C=O) groups excluding carboxylic acids is 1. The Labute approximate surface area is 143 Å². The number of urea groups is 1. The summed E-state index contributed by atoms with van der Waals surface area (Å²) in [6.07, 6.45) is 0.780. The van der Waals surface area contributed by atoms with Gasteiger partial charge in [-0.05, 0) is 14.1 Å². The maximum Gasteiger partial charge on any atom is 0.317 e. The largest absolute Gasteiger partial charge is 0.496 e. The van der Waals surface area contributed by atoms with Crippen LogP contribution >= 0.6 is 0 Å². The van der Waals surface area contributed by atoms with E-state index in [0.717, 1.165) is 13.0 Å². The van der Waals surface area contributed by atoms with Crippen molar-refractivity contribution in [3.8, 4) is 17.2 Å². The number of ether oxygens (including phenoxy) is 3. The number of rotatable bonds is 7. The van der Waals surface area contributed by atoms with E-state index in [2.05, 4.69) is 5.32 Å². The molecule has 0 aromatic heterocycles. The number of carbonyl (C=O) groups is 1. The van der Waals surface area contributed by atoms with Gasteiger partial charge in [0.2, 0.25) is 0 Å². The Morgan fingerprint density at radius 3 is 2.42 bits per heavy atom. The third-order valence-electron chi connectivity index (χ3n) is 3.90. The van der Waals surface area contributed by atoms with E-state index in [4.69, 9.17) is 14.2 Å². The molecule has 0 radical (unpaired) electrons. The number of methoxy groups -OCH3 is 2. The summed E-state index contributed by atoms with van der Waals surface area (Å²) in [5, 5.41) is 2.93. The topological polar surface area (TPSA) is 63.3 Å². The average molecular weight is 337 g/mol. The number of nitrogens with zero attached hydrogens (tertiary/aromatic N) is 2. The van der Waals surface area contributed by atoms with E-state index in [1.165, 1.54) is 0 Å². The first kappa shape index (κ1) is 18.2. The van der Waals surface area contributed by atoms with E-state index in [9.17, 15) is 4.79 Å². The summed E-state index contributed by atoms with van der Waals surface area (Å²) in [6, 6.07) is 5.41. The van der Waals surface area contributed by atoms with Gasteiger partial charge in [-0.3, -0.25) is 0 Å². The molecule has 134 valence electrons. The first-order valence-electron chi connectivity index (χ1n) is 8.09. The summed E-state index contributed by atoms with van der Waals surface area (Å²) in [6.45, 7) is 2.73. The highest BCUT2D eigenvalue weighted by molar-refractivity contribution is 5.74. The van der Waals surface area contributed by atoms with Gasteiger partial charge in [0, 0.05) is 44.3 Å². The van der Waals surface area contributed by atoms with Crippen molar-refractivity contribution in [2.75, 3.05) is 54.5 Å². The molecule has 0 bridgehead atoms. The predicted molar refractivity (Wildman–Crippen MR) is 92.1 cm³/mol. The van der Waals surface area contributed by atoms with Crippen LogP contribution in [0.15, 0.2) is 18.2 Å². The van der Waals surface area contributed by atoms with E-state index < -0.39 is 0 Å². The van der Waals surface area contributed by atoms with E-state index in [0.29, 0.717) is 36.9 Å². The van der Waals surface area contributed by atoms with Crippen LogP contribution in [0, 0.1) is 0 Å². The fraction of sp³-hybridized carbons (Fsp3) is 0.588. The van der Waals surface area contributed by atoms with E-state index in [1.54, 1.807) is 25.2 Å². The molecule has 7 nitrogen and oxygen atoms in total. The third kappa shape index (κ3) is 5.19. The van der Waals surface area contributed by atoms with Gasteiger partial charge in [0.15, 0.2) is 0 Å². The fourth-order valence-electron chi connectivity index (χ4n) is 2.55. The van der Waals surface area contributed by atoms with Crippen LogP contribution in [0.3, 0.4) is 0 Å². The van der Waals surface area contributed by atoms with E-state index in [1.807, 2.05) is 31.1 Å². The molecule has 1 fully saturated rings. The van der Waals surface area contributed by atoms with Crippen LogP contribution in [0.4, 0.5) is 4.79 Å². The van der Waals surface area contributed by atoms with Crippen molar-refractivity contribution in [3.63, 3.8) is 0 Å². The lowest BCUT2D eigenvalue weighted by Gasteiger charge is -2.19. The first-order chi connectivity index (χ1) is 11.5. The Morgan fingerprint density at radius 1 is 1.21 bits per heavy atom. The van der Waals surface area contributed by atoms with Crippen molar-refractivity contribution in [2.45, 2.75) is 12.5 Å². The number of likely N-dealkylation sites (tertiary alicyclic amines) is 1. The molecule has 0 saturated carbocycles. The molecule has 1 aliphatic rings. The Bertz CT molecular complexity index is 528. The van der Waals surface area contributed by atoms with Crippen LogP contribution in [0.5, 0.6) is 17.2 Å². The van der Waals surface area contributed by atoms with Gasteiger partial charge in [-0.25, -0.2) is 4.79 Å². The molecule has 1 unspecified atom stereocenters. The molecular weight excluding hydrogens is 310 g/mol. The Balaban J connectivity index is 1.86. The van der Waals surface area contributed by atoms with Gasteiger partial charge >= 0.3 is 6.03 Å². The molecule has 2 amide bonds. The molecule has 7 heteroatoms. The minimum absolute atomic E-state index is 0.0265. The fourth-order valence-corrected chi connectivity index (χ4v) is 2.55. The Kier molecular flexibility index (Phi) is 6.54. The van der Waals surface area contributed by atoms with Crippen molar-refractivity contribution in [2.24, 2.45) is 0 Å². The molecule has 1 atom stereocenters. The number of hydrogen-bond acceptors (Lipinski definition) is 5. The van der Waals surface area contributed by atoms with Crippen LogP contribution in [-0.4, -0.2) is 76.4 Å². The van der Waals surface area contributed by atoms with Gasteiger partial charge in [0.1, 0.15) is 23.4 Å². The number of hydrogen-bond donors (Lipinski definition) is 1. The highest BCUT2D eigenvalue weighted by Gasteiger charge is 2.27. The van der Waals surface area contributed by atoms with Gasteiger partial charge in [-0.15, -0.1) is 0 Å². The quantitative estimate of drug-likeness (QED) is 0.815. The van der Waals surface area contributed by atoms with Gasteiger partial charge < -0.3 is 29.3 Å². The van der Waals surface area contributed by atoms with Crippen LogP contribution in [0.1, 0.15) is 6.42 Å². The zero-order valence-corrected chi connectivity index (χ0v) is 14.9. The zero-order valence-electron chi connectivity index (χ0n) is 14.9. The van der Waals surface area contributed by atoms with Crippen molar-refractivity contribution in [1.29, 1.82) is 0 Å². The third-order valence-corrected chi connectivity index (χ3v) is 3.90. The second-order valence-electron chi connectivity index (χ2n) is 6.06. The second-order valence-corrected chi connectivity index (χ2v) is 6.06. The predicted octanol–water partition coefficient (Wildman–Crippen LogP) is 1.43. The zero-order chi connectivity index (χ0) is 17.5. The Morgan fingerprint density at radius 2 is 1.83 bits per heavy atom. The summed E-state index contributed by atoms with van der Waals surface area (Å²) >= 11 is 0. The first-order valence-corrected chi connectivity index (χ1v) is 8.09. The lowest BCUT2D eigenvalue weighted by atomic mass is 10.3. The molecule has 1 aromatic rings. The highest BCUT2D eigenvalue weighted by Crippen LogP contribution is 2.29. The van der Waals surface area contributed by atoms with Crippen molar-refractivity contribution in [3.05, 3.63) is 18.2 Å². The summed E-state index contributed by atoms with van der Waals surface area (Å²) in [5.41, 5.74) is 0. The summed E-state index contributed by atoms with van der Waals surface area (Å²) in [4.78, 5) is 15.9. The lowest BCUT2D eigenvalue weighted by molar-refractivity contribution is 0.185. The standard InChI is InChI=1S/C17H27N3O4/c1-19(2)8-6-18-17(21)20-7-5-13(12-20)24-16-10-14(22-3)9-15(11-16)23-4/h9-11,13H,5-8,12H2,1-4H3,(H,18,21). The van der Waals surface area contributed by atoms with Crippen LogP contribution < -0.4 is 19.5 Å². The maximum absolute atomic E-state index is 12.1. The van der Waals surface area contributed by atoms with Gasteiger partial charge in [-0.1, -0.05) is 0 Å². The smallest absolute Gasteiger partial charge is 0.317 e. The Hall–Kier alpha value is -2.15. The molecule has 1 saturated heterocycles. The number of amides is 2. The molecule has 1 aliphatic heterocycles. The molecule has 1 aromatic carbocycles. The minimum atomic E-state index is -0.0360. The molecular formula is C17H27N3O4. The van der Waals surface area contributed by atoms with Gasteiger partial charge in [0.25, 0.3) is 0 Å². The lowest BCUT2D eigenvalue weighted by Crippen LogP contribution is -2.41. The molecule has 0 aliphatic carbocycles. The number of nitrogens with one attached hydrogen (secondary N) is 1. The van der Waals surface area contributed by atoms with Crippen molar-refractivity contribution >= 4 is 6.03 Å². The van der Waals surface area contributed by atoms with Crippen LogP contribution in [-0.2, 0) is 0 Å². The average Bonchev–Trinajstić information content (AvgIpc) is 3.02. The molecule has 2 rings (SSSR count). The normalized spacial score (nSPS) is 17.0. The molecule has 1 heterocycles. The van der Waals surface area contributed by atoms with Gasteiger partial charge in [-0.2, -0.15) is 0 Å². The molecule has 0 spiro atoms. The molecule has 1 N–H and O–H groups in total. The van der Waals surface area contributed by atoms with Crippen molar-refractivity contribution < 1.29 is 19.0 Å². The summed E-state index contributed by atoms with van der Waals surface area (Å²) < 4.78 is 16.5. The summed E-state index contributed by atoms with van der Waals surface area (Å²) in [5.74, 6) is 2.05. The minimum Gasteiger partial charge on any atom is -0.496 e.